The molecular formula is C11H13BrClFO3S. The van der Waals surface area contributed by atoms with Crippen LogP contribution in [-0.4, -0.2) is 20.8 Å². The van der Waals surface area contributed by atoms with Gasteiger partial charge in [-0.1, -0.05) is 6.92 Å². The van der Waals surface area contributed by atoms with E-state index in [1.807, 2.05) is 6.92 Å². The van der Waals surface area contributed by atoms with E-state index in [0.29, 0.717) is 16.6 Å². The molecule has 0 heterocycles. The van der Waals surface area contributed by atoms with Crippen molar-refractivity contribution in [3.8, 4) is 5.75 Å². The van der Waals surface area contributed by atoms with Crippen LogP contribution >= 0.6 is 26.6 Å². The van der Waals surface area contributed by atoms with Crippen molar-refractivity contribution in [2.24, 2.45) is 5.92 Å². The molecule has 0 bridgehead atoms. The van der Waals surface area contributed by atoms with E-state index in [4.69, 9.17) is 15.4 Å². The first-order valence-electron chi connectivity index (χ1n) is 5.32. The molecule has 0 aliphatic rings. The van der Waals surface area contributed by atoms with Crippen LogP contribution in [-0.2, 0) is 9.05 Å². The second kappa shape index (κ2) is 6.73. The van der Waals surface area contributed by atoms with E-state index < -0.39 is 14.9 Å². The molecule has 0 aliphatic carbocycles. The number of halogens is 3. The molecule has 18 heavy (non-hydrogen) atoms. The Morgan fingerprint density at radius 2 is 2.17 bits per heavy atom. The molecular weight excluding hydrogens is 347 g/mol. The Hall–Kier alpha value is -0.330. The molecule has 0 spiro atoms. The minimum atomic E-state index is -3.55. The zero-order valence-corrected chi connectivity index (χ0v) is 12.9. The van der Waals surface area contributed by atoms with Crippen molar-refractivity contribution in [1.29, 1.82) is 0 Å². The van der Waals surface area contributed by atoms with Gasteiger partial charge in [0.1, 0.15) is 11.6 Å². The summed E-state index contributed by atoms with van der Waals surface area (Å²) in [6, 6.07) is 4.08. The SMILES string of the molecule is CCC(COc1cc(F)ccc1Br)CS(=O)(=O)Cl. The van der Waals surface area contributed by atoms with Crippen LogP contribution in [0.3, 0.4) is 0 Å². The Kier molecular flexibility index (Phi) is 5.88. The Balaban J connectivity index is 2.65. The van der Waals surface area contributed by atoms with Gasteiger partial charge in [-0.2, -0.15) is 0 Å². The van der Waals surface area contributed by atoms with E-state index in [2.05, 4.69) is 15.9 Å². The third-order valence-corrected chi connectivity index (χ3v) is 4.28. The first kappa shape index (κ1) is 15.7. The average molecular weight is 360 g/mol. The van der Waals surface area contributed by atoms with E-state index in [0.717, 1.165) is 0 Å². The average Bonchev–Trinajstić information content (AvgIpc) is 2.27. The predicted octanol–water partition coefficient (Wildman–Crippen LogP) is 3.56. The van der Waals surface area contributed by atoms with Crippen molar-refractivity contribution in [1.82, 2.24) is 0 Å². The summed E-state index contributed by atoms with van der Waals surface area (Å²) in [5.41, 5.74) is 0. The molecule has 0 saturated heterocycles. The second-order valence-electron chi connectivity index (χ2n) is 3.87. The van der Waals surface area contributed by atoms with Gasteiger partial charge in [0.2, 0.25) is 9.05 Å². The van der Waals surface area contributed by atoms with Crippen LogP contribution < -0.4 is 4.74 Å². The van der Waals surface area contributed by atoms with Crippen molar-refractivity contribution in [3.05, 3.63) is 28.5 Å². The number of benzene rings is 1. The van der Waals surface area contributed by atoms with Crippen LogP contribution in [0.4, 0.5) is 4.39 Å². The zero-order chi connectivity index (χ0) is 13.8. The summed E-state index contributed by atoms with van der Waals surface area (Å²) >= 11 is 3.23. The van der Waals surface area contributed by atoms with Crippen LogP contribution in [0.15, 0.2) is 22.7 Å². The molecule has 1 aromatic rings. The van der Waals surface area contributed by atoms with E-state index in [1.165, 1.54) is 18.2 Å². The highest BCUT2D eigenvalue weighted by atomic mass is 79.9. The van der Waals surface area contributed by atoms with Crippen molar-refractivity contribution in [2.45, 2.75) is 13.3 Å². The fourth-order valence-electron chi connectivity index (χ4n) is 1.36. The van der Waals surface area contributed by atoms with E-state index in [1.54, 1.807) is 0 Å². The Morgan fingerprint density at radius 1 is 1.50 bits per heavy atom. The van der Waals surface area contributed by atoms with Gasteiger partial charge in [0.25, 0.3) is 0 Å². The molecule has 1 rings (SSSR count). The maximum atomic E-state index is 13.0. The maximum Gasteiger partial charge on any atom is 0.232 e. The van der Waals surface area contributed by atoms with Crippen molar-refractivity contribution >= 4 is 35.7 Å². The molecule has 1 unspecified atom stereocenters. The molecule has 0 aliphatic heterocycles. The third-order valence-electron chi connectivity index (χ3n) is 2.38. The number of rotatable bonds is 6. The van der Waals surface area contributed by atoms with Gasteiger partial charge in [0.15, 0.2) is 0 Å². The Bertz CT molecular complexity index is 507. The molecule has 0 fully saturated rings. The quantitative estimate of drug-likeness (QED) is 0.729. The van der Waals surface area contributed by atoms with Gasteiger partial charge in [0, 0.05) is 22.7 Å². The smallest absolute Gasteiger partial charge is 0.232 e. The fourth-order valence-corrected chi connectivity index (χ4v) is 3.15. The largest absolute Gasteiger partial charge is 0.492 e. The summed E-state index contributed by atoms with van der Waals surface area (Å²) in [5, 5.41) is 0. The van der Waals surface area contributed by atoms with Gasteiger partial charge in [-0.15, -0.1) is 0 Å². The topological polar surface area (TPSA) is 43.4 Å². The predicted molar refractivity (Wildman–Crippen MR) is 73.0 cm³/mol. The molecule has 1 atom stereocenters. The summed E-state index contributed by atoms with van der Waals surface area (Å²) in [6.45, 7) is 2.02. The highest BCUT2D eigenvalue weighted by Crippen LogP contribution is 2.26. The van der Waals surface area contributed by atoms with Gasteiger partial charge >= 0.3 is 0 Å². The lowest BCUT2D eigenvalue weighted by Crippen LogP contribution is -2.19. The van der Waals surface area contributed by atoms with Crippen molar-refractivity contribution in [2.75, 3.05) is 12.4 Å². The zero-order valence-electron chi connectivity index (χ0n) is 9.70. The number of hydrogen-bond acceptors (Lipinski definition) is 3. The molecule has 102 valence electrons. The number of hydrogen-bond donors (Lipinski definition) is 0. The first-order chi connectivity index (χ1) is 8.31. The van der Waals surface area contributed by atoms with Gasteiger partial charge in [0.05, 0.1) is 16.8 Å². The minimum absolute atomic E-state index is 0.155. The lowest BCUT2D eigenvalue weighted by Gasteiger charge is -2.15. The van der Waals surface area contributed by atoms with Gasteiger partial charge in [-0.3, -0.25) is 0 Å². The maximum absolute atomic E-state index is 13.0. The third kappa shape index (κ3) is 5.54. The molecule has 1 aromatic carbocycles. The second-order valence-corrected chi connectivity index (χ2v) is 7.54. The van der Waals surface area contributed by atoms with Crippen LogP contribution in [0.25, 0.3) is 0 Å². The van der Waals surface area contributed by atoms with Crippen LogP contribution in [0.5, 0.6) is 5.75 Å². The molecule has 0 saturated carbocycles. The Morgan fingerprint density at radius 3 is 2.72 bits per heavy atom. The highest BCUT2D eigenvalue weighted by molar-refractivity contribution is 9.10. The van der Waals surface area contributed by atoms with Gasteiger partial charge in [-0.25, -0.2) is 12.8 Å². The number of ether oxygens (including phenoxy) is 1. The van der Waals surface area contributed by atoms with Crippen LogP contribution in [0, 0.1) is 11.7 Å². The van der Waals surface area contributed by atoms with Gasteiger partial charge in [-0.05, 0) is 34.5 Å². The summed E-state index contributed by atoms with van der Waals surface area (Å²) in [5.74, 6) is -0.438. The lowest BCUT2D eigenvalue weighted by molar-refractivity contribution is 0.255. The summed E-state index contributed by atoms with van der Waals surface area (Å²) in [7, 11) is 1.64. The van der Waals surface area contributed by atoms with E-state index in [9.17, 15) is 12.8 Å². The standard InChI is InChI=1S/C11H13BrClFO3S/c1-2-8(7-18(13,15)16)6-17-11-5-9(14)3-4-10(11)12/h3-5,8H,2,6-7H2,1H3. The lowest BCUT2D eigenvalue weighted by atomic mass is 10.1. The van der Waals surface area contributed by atoms with Crippen molar-refractivity contribution < 1.29 is 17.5 Å². The first-order valence-corrected chi connectivity index (χ1v) is 8.59. The van der Waals surface area contributed by atoms with E-state index in [-0.39, 0.29) is 18.3 Å². The highest BCUT2D eigenvalue weighted by Gasteiger charge is 2.16. The monoisotopic (exact) mass is 358 g/mol. The molecule has 7 heteroatoms. The van der Waals surface area contributed by atoms with Crippen LogP contribution in [0.1, 0.15) is 13.3 Å². The summed E-state index contributed by atoms with van der Waals surface area (Å²) < 4.78 is 41.0. The molecule has 0 aromatic heterocycles. The summed E-state index contributed by atoms with van der Waals surface area (Å²) in [6.07, 6.45) is 0.610. The molecule has 0 radical (unpaired) electrons. The minimum Gasteiger partial charge on any atom is -0.492 e. The van der Waals surface area contributed by atoms with E-state index >= 15 is 0 Å². The molecule has 0 amide bonds. The molecule has 3 nitrogen and oxygen atoms in total. The summed E-state index contributed by atoms with van der Waals surface area (Å²) in [4.78, 5) is 0. The normalized spacial score (nSPS) is 13.3. The van der Waals surface area contributed by atoms with Gasteiger partial charge < -0.3 is 4.74 Å². The van der Waals surface area contributed by atoms with Crippen LogP contribution in [0.2, 0.25) is 0 Å². The Labute approximate surface area is 119 Å². The molecule has 0 N–H and O–H groups in total. The fraction of sp³-hybridized carbons (Fsp3) is 0.455. The van der Waals surface area contributed by atoms with Crippen molar-refractivity contribution in [3.63, 3.8) is 0 Å².